The molecule has 1 heterocycles. The largest absolute Gasteiger partial charge is 0.399 e. The lowest BCUT2D eigenvalue weighted by atomic mass is 9.98. The molecule has 4 N–H and O–H groups in total. The molecule has 0 unspecified atom stereocenters. The Morgan fingerprint density at radius 2 is 1.58 bits per heavy atom. The van der Waals surface area contributed by atoms with Gasteiger partial charge in [-0.3, -0.25) is 0 Å². The first-order chi connectivity index (χ1) is 15.8. The summed E-state index contributed by atoms with van der Waals surface area (Å²) in [6.45, 7) is 8.92. The third-order valence-electron chi connectivity index (χ3n) is 7.00. The fourth-order valence-corrected chi connectivity index (χ4v) is 5.94. The molecule has 1 aromatic heterocycles. The number of hydrogen-bond acceptors (Lipinski definition) is 2. The van der Waals surface area contributed by atoms with Crippen LogP contribution in [0.15, 0.2) is 54.6 Å². The van der Waals surface area contributed by atoms with Crippen molar-refractivity contribution in [1.82, 2.24) is 0 Å². The first kappa shape index (κ1) is 24.5. The number of aromatic nitrogens is 1. The third kappa shape index (κ3) is 4.66. The molecule has 0 radical (unpaired) electrons. The predicted octanol–water partition coefficient (Wildman–Crippen LogP) is 6.20. The number of anilines is 2. The number of rotatable bonds is 7. The van der Waals surface area contributed by atoms with E-state index in [-0.39, 0.29) is 0 Å². The molecule has 0 bridgehead atoms. The van der Waals surface area contributed by atoms with Gasteiger partial charge in [-0.15, -0.1) is 0 Å². The predicted molar refractivity (Wildman–Crippen MR) is 158 cm³/mol. The van der Waals surface area contributed by atoms with E-state index >= 15 is 0 Å². The van der Waals surface area contributed by atoms with Crippen LogP contribution in [0, 0.1) is 7.14 Å². The van der Waals surface area contributed by atoms with Crippen molar-refractivity contribution in [1.29, 1.82) is 0 Å². The van der Waals surface area contributed by atoms with Crippen LogP contribution in [0.4, 0.5) is 11.4 Å². The summed E-state index contributed by atoms with van der Waals surface area (Å²) in [4.78, 5) is 0. The number of hydrogen-bond donors (Lipinski definition) is 2. The van der Waals surface area contributed by atoms with Gasteiger partial charge >= 0.3 is 0 Å². The Hall–Kier alpha value is -1.65. The first-order valence-electron chi connectivity index (χ1n) is 11.5. The number of nitrogen functional groups attached to an aromatic ring is 2. The van der Waals surface area contributed by atoms with Gasteiger partial charge in [0, 0.05) is 26.3 Å². The van der Waals surface area contributed by atoms with Gasteiger partial charge in [0.15, 0.2) is 6.54 Å². The van der Waals surface area contributed by atoms with Gasteiger partial charge in [-0.05, 0) is 83.3 Å². The van der Waals surface area contributed by atoms with E-state index in [2.05, 4.69) is 119 Å². The van der Waals surface area contributed by atoms with Gasteiger partial charge in [0.25, 0.3) is 0 Å². The molecular weight excluding hydrogens is 634 g/mol. The lowest BCUT2D eigenvalue weighted by molar-refractivity contribution is -0.908. The van der Waals surface area contributed by atoms with Crippen LogP contribution in [0.5, 0.6) is 0 Å². The highest BCUT2D eigenvalue weighted by Gasteiger charge is 2.27. The average molecular weight is 666 g/mol. The van der Waals surface area contributed by atoms with E-state index in [4.69, 9.17) is 11.5 Å². The van der Waals surface area contributed by atoms with Gasteiger partial charge in [-0.1, -0.05) is 24.3 Å². The molecule has 0 amide bonds. The first-order valence-corrected chi connectivity index (χ1v) is 13.7. The second-order valence-corrected chi connectivity index (χ2v) is 11.1. The van der Waals surface area contributed by atoms with Crippen LogP contribution >= 0.6 is 45.2 Å². The summed E-state index contributed by atoms with van der Waals surface area (Å²) in [5.74, 6) is 0. The fraction of sp³-hybridized carbons (Fsp3) is 0.296. The number of aryl methyl sites for hydroxylation is 1. The standard InChI is InChI=1S/C27H31I2N4/c1-4-33(3,5-2)15-9-14-32-23-17-22(31)25(28)26(29)24(23)20-13-12-19(30)16-21(20)27(32)18-10-7-6-8-11-18/h6-8,10-13,16-17,31H,4-5,9,14-15,30H2,1-3H3/q+1/p+1. The summed E-state index contributed by atoms with van der Waals surface area (Å²) < 4.78 is 5.88. The summed E-state index contributed by atoms with van der Waals surface area (Å²) >= 11 is 4.82. The Balaban J connectivity index is 2.05. The molecule has 0 saturated heterocycles. The molecule has 0 saturated carbocycles. The molecule has 0 atom stereocenters. The van der Waals surface area contributed by atoms with Gasteiger partial charge < -0.3 is 16.0 Å². The molecule has 0 aliphatic rings. The van der Waals surface area contributed by atoms with Crippen LogP contribution in [0.1, 0.15) is 20.3 Å². The molecule has 33 heavy (non-hydrogen) atoms. The van der Waals surface area contributed by atoms with E-state index in [1.54, 1.807) is 0 Å². The van der Waals surface area contributed by atoms with Gasteiger partial charge in [0.1, 0.15) is 0 Å². The molecule has 0 fully saturated rings. The highest BCUT2D eigenvalue weighted by atomic mass is 127. The third-order valence-corrected chi connectivity index (χ3v) is 10.3. The molecule has 172 valence electrons. The fourth-order valence-electron chi connectivity index (χ4n) is 4.63. The topological polar surface area (TPSA) is 55.9 Å². The molecule has 0 aliphatic carbocycles. The van der Waals surface area contributed by atoms with E-state index in [9.17, 15) is 0 Å². The van der Waals surface area contributed by atoms with Crippen LogP contribution in [0.25, 0.3) is 32.9 Å². The Morgan fingerprint density at radius 1 is 0.879 bits per heavy atom. The van der Waals surface area contributed by atoms with Crippen molar-refractivity contribution in [2.24, 2.45) is 0 Å². The van der Waals surface area contributed by atoms with Gasteiger partial charge in [-0.25, -0.2) is 0 Å². The smallest absolute Gasteiger partial charge is 0.220 e. The van der Waals surface area contributed by atoms with Gasteiger partial charge in [0.2, 0.25) is 11.2 Å². The Kier molecular flexibility index (Phi) is 7.35. The lowest BCUT2D eigenvalue weighted by Gasteiger charge is -2.31. The maximum Gasteiger partial charge on any atom is 0.220 e. The molecular formula is C27H32I2N4+2. The maximum atomic E-state index is 6.50. The number of nitrogens with zero attached hydrogens (tertiary/aromatic N) is 2. The molecule has 0 spiro atoms. The molecule has 3 aromatic carbocycles. The van der Waals surface area contributed by atoms with E-state index in [1.165, 1.54) is 36.5 Å². The number of quaternary nitrogens is 1. The summed E-state index contributed by atoms with van der Waals surface area (Å²) in [5.41, 5.74) is 18.0. The van der Waals surface area contributed by atoms with Gasteiger partial charge in [0.05, 0.1) is 53.1 Å². The Labute approximate surface area is 223 Å². The number of benzene rings is 3. The minimum atomic E-state index is 0.784. The molecule has 4 rings (SSSR count). The SMILES string of the molecule is CC[N+](C)(CC)CCC[n+]1c(-c2ccccc2)c2cc(N)ccc2c2c(I)c(I)c(N)cc21. The van der Waals surface area contributed by atoms with Crippen LogP contribution in [-0.4, -0.2) is 31.2 Å². The van der Waals surface area contributed by atoms with Crippen molar-refractivity contribution in [2.45, 2.75) is 26.8 Å². The van der Waals surface area contributed by atoms with Crippen molar-refractivity contribution in [3.05, 3.63) is 61.7 Å². The second kappa shape index (κ2) is 9.92. The number of nitrogens with two attached hydrogens (primary N) is 2. The zero-order valence-electron chi connectivity index (χ0n) is 19.5. The zero-order valence-corrected chi connectivity index (χ0v) is 23.9. The van der Waals surface area contributed by atoms with Crippen LogP contribution in [0.3, 0.4) is 0 Å². The molecule has 4 nitrogen and oxygen atoms in total. The van der Waals surface area contributed by atoms with Crippen LogP contribution in [-0.2, 0) is 6.54 Å². The molecule has 0 aliphatic heterocycles. The number of halogens is 2. The quantitative estimate of drug-likeness (QED) is 0.0813. The summed E-state index contributed by atoms with van der Waals surface area (Å²) in [5, 5.41) is 3.67. The minimum Gasteiger partial charge on any atom is -0.399 e. The highest BCUT2D eigenvalue weighted by molar-refractivity contribution is 14.1. The minimum absolute atomic E-state index is 0.784. The van der Waals surface area contributed by atoms with Crippen molar-refractivity contribution >= 4 is 78.2 Å². The van der Waals surface area contributed by atoms with E-state index < -0.39 is 0 Å². The van der Waals surface area contributed by atoms with Crippen molar-refractivity contribution < 1.29 is 9.05 Å². The van der Waals surface area contributed by atoms with E-state index in [0.29, 0.717) is 0 Å². The normalized spacial score (nSPS) is 12.0. The number of fused-ring (bicyclic) bond motifs is 3. The number of pyridine rings is 1. The summed E-state index contributed by atoms with van der Waals surface area (Å²) in [6, 6.07) is 19.1. The highest BCUT2D eigenvalue weighted by Crippen LogP contribution is 2.38. The average Bonchev–Trinajstić information content (AvgIpc) is 2.82. The van der Waals surface area contributed by atoms with E-state index in [1.807, 2.05) is 6.07 Å². The Morgan fingerprint density at radius 3 is 2.24 bits per heavy atom. The van der Waals surface area contributed by atoms with Crippen molar-refractivity contribution in [2.75, 3.05) is 38.1 Å². The second-order valence-electron chi connectivity index (χ2n) is 8.99. The van der Waals surface area contributed by atoms with E-state index in [0.717, 1.165) is 52.0 Å². The van der Waals surface area contributed by atoms with Gasteiger partial charge in [-0.2, -0.15) is 4.57 Å². The Bertz CT molecular complexity index is 1320. The van der Waals surface area contributed by atoms with Crippen molar-refractivity contribution in [3.8, 4) is 11.3 Å². The van der Waals surface area contributed by atoms with Crippen molar-refractivity contribution in [3.63, 3.8) is 0 Å². The van der Waals surface area contributed by atoms with Crippen LogP contribution < -0.4 is 16.0 Å². The molecule has 4 aromatic rings. The monoisotopic (exact) mass is 666 g/mol. The molecule has 6 heteroatoms. The zero-order chi connectivity index (χ0) is 23.8. The summed E-state index contributed by atoms with van der Waals surface area (Å²) in [7, 11) is 2.35. The lowest BCUT2D eigenvalue weighted by Crippen LogP contribution is -2.46. The van der Waals surface area contributed by atoms with Crippen LogP contribution in [0.2, 0.25) is 0 Å². The summed E-state index contributed by atoms with van der Waals surface area (Å²) in [6.07, 6.45) is 1.09. The maximum absolute atomic E-state index is 6.50.